The average Bonchev–Trinajstić information content (AvgIpc) is 2.40. The van der Waals surface area contributed by atoms with Crippen molar-refractivity contribution in [1.82, 2.24) is 4.90 Å². The summed E-state index contributed by atoms with van der Waals surface area (Å²) in [5.74, 6) is 1.51. The van der Waals surface area contributed by atoms with Crippen molar-refractivity contribution < 1.29 is 0 Å². The summed E-state index contributed by atoms with van der Waals surface area (Å²) in [5, 5.41) is 0. The highest BCUT2D eigenvalue weighted by Gasteiger charge is 2.10. The molecule has 102 valence electrons. The molecule has 0 aliphatic carbocycles. The molecule has 0 radical (unpaired) electrons. The van der Waals surface area contributed by atoms with E-state index in [-0.39, 0.29) is 0 Å². The number of aliphatic imine (C=N–C) groups is 1. The first kappa shape index (κ1) is 15.2. The third-order valence-corrected chi connectivity index (χ3v) is 2.75. The molecule has 1 aromatic rings. The maximum Gasteiger partial charge on any atom is 0.135 e. The molecular weight excluding hydrogens is 232 g/mol. The molecule has 0 saturated carbocycles. The molecule has 0 bridgehead atoms. The number of hydrogen-bond acceptors (Lipinski definition) is 1. The number of hydrogen-bond donors (Lipinski definition) is 0. The van der Waals surface area contributed by atoms with Crippen LogP contribution in [-0.2, 0) is 0 Å². The van der Waals surface area contributed by atoms with Crippen LogP contribution in [0.25, 0.3) is 0 Å². The smallest absolute Gasteiger partial charge is 0.135 e. The second kappa shape index (κ2) is 7.57. The van der Waals surface area contributed by atoms with Gasteiger partial charge in [-0.2, -0.15) is 0 Å². The molecule has 2 nitrogen and oxygen atoms in total. The van der Waals surface area contributed by atoms with Crippen LogP contribution in [0.2, 0.25) is 0 Å². The molecule has 0 atom stereocenters. The lowest BCUT2D eigenvalue weighted by molar-refractivity contribution is 0.620. The normalized spacial score (nSPS) is 12.2. The number of rotatable bonds is 5. The van der Waals surface area contributed by atoms with Crippen LogP contribution < -0.4 is 0 Å². The molecular formula is C17H24N2. The molecule has 0 aromatic heterocycles. The van der Waals surface area contributed by atoms with E-state index in [1.807, 2.05) is 49.2 Å². The van der Waals surface area contributed by atoms with E-state index in [0.29, 0.717) is 5.92 Å². The van der Waals surface area contributed by atoms with Crippen LogP contribution >= 0.6 is 0 Å². The predicted octanol–water partition coefficient (Wildman–Crippen LogP) is 4.11. The van der Waals surface area contributed by atoms with E-state index in [1.54, 1.807) is 0 Å². The number of amidine groups is 1. The van der Waals surface area contributed by atoms with Gasteiger partial charge in [-0.3, -0.25) is 4.99 Å². The van der Waals surface area contributed by atoms with Gasteiger partial charge in [0.25, 0.3) is 0 Å². The minimum absolute atomic E-state index is 0.544. The molecule has 1 rings (SSSR count). The van der Waals surface area contributed by atoms with Gasteiger partial charge in [-0.25, -0.2) is 0 Å². The van der Waals surface area contributed by atoms with E-state index in [1.165, 1.54) is 0 Å². The Morgan fingerprint density at radius 2 is 1.95 bits per heavy atom. The predicted molar refractivity (Wildman–Crippen MR) is 84.4 cm³/mol. The van der Waals surface area contributed by atoms with Gasteiger partial charge in [0.2, 0.25) is 0 Å². The Morgan fingerprint density at radius 1 is 1.32 bits per heavy atom. The van der Waals surface area contributed by atoms with Crippen LogP contribution in [0.3, 0.4) is 0 Å². The van der Waals surface area contributed by atoms with E-state index in [9.17, 15) is 0 Å². The van der Waals surface area contributed by atoms with Crippen LogP contribution in [0.4, 0.5) is 0 Å². The van der Waals surface area contributed by atoms with E-state index >= 15 is 0 Å². The second-order valence-electron chi connectivity index (χ2n) is 4.97. The maximum atomic E-state index is 4.74. The molecule has 2 heteroatoms. The van der Waals surface area contributed by atoms with Crippen molar-refractivity contribution in [2.75, 3.05) is 13.6 Å². The fourth-order valence-corrected chi connectivity index (χ4v) is 1.69. The standard InChI is InChI=1S/C17H24N2/c1-6-10-15(4)19(5)17(18-13-14(2)3)16-11-8-7-9-12-16/h6-12,14H,4,13H2,1-3,5H3. The van der Waals surface area contributed by atoms with Gasteiger partial charge in [-0.05, 0) is 18.9 Å². The van der Waals surface area contributed by atoms with Gasteiger partial charge in [0.1, 0.15) is 5.84 Å². The van der Waals surface area contributed by atoms with Gasteiger partial charge in [0.05, 0.1) is 0 Å². The summed E-state index contributed by atoms with van der Waals surface area (Å²) >= 11 is 0. The number of benzene rings is 1. The lowest BCUT2D eigenvalue weighted by atomic mass is 10.1. The van der Waals surface area contributed by atoms with Gasteiger partial charge < -0.3 is 4.90 Å². The van der Waals surface area contributed by atoms with Gasteiger partial charge in [-0.1, -0.05) is 56.8 Å². The summed E-state index contributed by atoms with van der Waals surface area (Å²) in [6.45, 7) is 11.2. The summed E-state index contributed by atoms with van der Waals surface area (Å²) in [6.07, 6.45) is 3.98. The van der Waals surface area contributed by atoms with Gasteiger partial charge in [0.15, 0.2) is 0 Å². The topological polar surface area (TPSA) is 15.6 Å². The van der Waals surface area contributed by atoms with E-state index in [4.69, 9.17) is 4.99 Å². The molecule has 0 aliphatic rings. The van der Waals surface area contributed by atoms with Crippen molar-refractivity contribution in [1.29, 1.82) is 0 Å². The third kappa shape index (κ3) is 4.74. The summed E-state index contributed by atoms with van der Waals surface area (Å²) in [6, 6.07) is 10.3. The van der Waals surface area contributed by atoms with Crippen LogP contribution in [-0.4, -0.2) is 24.3 Å². The molecule has 0 spiro atoms. The molecule has 0 fully saturated rings. The van der Waals surface area contributed by atoms with Crippen LogP contribution in [0.5, 0.6) is 0 Å². The first-order valence-electron chi connectivity index (χ1n) is 6.71. The Morgan fingerprint density at radius 3 is 2.47 bits per heavy atom. The average molecular weight is 256 g/mol. The molecule has 19 heavy (non-hydrogen) atoms. The van der Waals surface area contributed by atoms with Crippen LogP contribution in [0, 0.1) is 5.92 Å². The zero-order chi connectivity index (χ0) is 14.3. The summed E-state index contributed by atoms with van der Waals surface area (Å²) < 4.78 is 0. The highest BCUT2D eigenvalue weighted by Crippen LogP contribution is 2.11. The minimum atomic E-state index is 0.544. The van der Waals surface area contributed by atoms with Crippen LogP contribution in [0.15, 0.2) is 59.8 Å². The fraction of sp³-hybridized carbons (Fsp3) is 0.353. The third-order valence-electron chi connectivity index (χ3n) is 2.75. The molecule has 0 heterocycles. The van der Waals surface area contributed by atoms with E-state index < -0.39 is 0 Å². The Bertz CT molecular complexity index is 455. The Labute approximate surface area is 117 Å². The Hall–Kier alpha value is -1.83. The minimum Gasteiger partial charge on any atom is -0.330 e. The van der Waals surface area contributed by atoms with Crippen molar-refractivity contribution in [3.8, 4) is 0 Å². The van der Waals surface area contributed by atoms with E-state index in [0.717, 1.165) is 23.6 Å². The molecule has 0 amide bonds. The quantitative estimate of drug-likeness (QED) is 0.440. The fourth-order valence-electron chi connectivity index (χ4n) is 1.69. The number of allylic oxidation sites excluding steroid dienone is 2. The number of likely N-dealkylation sites (N-methyl/N-ethyl adjacent to an activating group) is 1. The first-order chi connectivity index (χ1) is 9.06. The van der Waals surface area contributed by atoms with Gasteiger partial charge >= 0.3 is 0 Å². The van der Waals surface area contributed by atoms with Crippen molar-refractivity contribution in [2.45, 2.75) is 20.8 Å². The zero-order valence-corrected chi connectivity index (χ0v) is 12.4. The van der Waals surface area contributed by atoms with E-state index in [2.05, 4.69) is 32.6 Å². The molecule has 1 aromatic carbocycles. The largest absolute Gasteiger partial charge is 0.330 e. The monoisotopic (exact) mass is 256 g/mol. The van der Waals surface area contributed by atoms with Crippen molar-refractivity contribution in [3.05, 3.63) is 60.3 Å². The first-order valence-corrected chi connectivity index (χ1v) is 6.71. The highest BCUT2D eigenvalue weighted by atomic mass is 15.2. The lowest BCUT2D eigenvalue weighted by Crippen LogP contribution is -2.26. The molecule has 0 unspecified atom stereocenters. The van der Waals surface area contributed by atoms with Crippen molar-refractivity contribution in [3.63, 3.8) is 0 Å². The number of nitrogens with zero attached hydrogens (tertiary/aromatic N) is 2. The zero-order valence-electron chi connectivity index (χ0n) is 12.4. The second-order valence-corrected chi connectivity index (χ2v) is 4.97. The highest BCUT2D eigenvalue weighted by molar-refractivity contribution is 5.99. The summed E-state index contributed by atoms with van der Waals surface area (Å²) in [7, 11) is 2.01. The Kier molecular flexibility index (Phi) is 6.07. The van der Waals surface area contributed by atoms with Crippen LogP contribution in [0.1, 0.15) is 26.3 Å². The Balaban J connectivity index is 3.06. The molecule has 0 N–H and O–H groups in total. The van der Waals surface area contributed by atoms with Gasteiger partial charge in [0, 0.05) is 24.9 Å². The summed E-state index contributed by atoms with van der Waals surface area (Å²) in [4.78, 5) is 6.78. The molecule has 0 saturated heterocycles. The maximum absolute atomic E-state index is 4.74. The molecule has 0 aliphatic heterocycles. The lowest BCUT2D eigenvalue weighted by Gasteiger charge is -2.22. The van der Waals surface area contributed by atoms with Gasteiger partial charge in [-0.15, -0.1) is 0 Å². The summed E-state index contributed by atoms with van der Waals surface area (Å²) in [5.41, 5.74) is 2.06. The van der Waals surface area contributed by atoms with Crippen molar-refractivity contribution >= 4 is 5.84 Å². The van der Waals surface area contributed by atoms with Crippen molar-refractivity contribution in [2.24, 2.45) is 10.9 Å². The SMILES string of the molecule is C=C(C=CC)N(C)C(=NCC(C)C)c1ccccc1.